The van der Waals surface area contributed by atoms with Gasteiger partial charge >= 0.3 is 6.09 Å². The molecule has 0 radical (unpaired) electrons. The number of likely N-dealkylation sites (N-methyl/N-ethyl adjacent to an activating group) is 1. The van der Waals surface area contributed by atoms with Gasteiger partial charge in [0.15, 0.2) is 0 Å². The van der Waals surface area contributed by atoms with Crippen molar-refractivity contribution < 1.29 is 28.9 Å². The molecule has 1 saturated heterocycles. The standard InChI is InChI=1S/C17H22FN3O5/c1-19-13-8-21(16(23)24)7-6-17(13,25)9-26-12-4-3-11(18)15-10(12)2-5-14(22)20-15/h3-4,13,19,25H,2,5-9H2,1H3,(H,20,22)(H,23,24). The molecule has 2 aliphatic rings. The van der Waals surface area contributed by atoms with Crippen LogP contribution in [0, 0.1) is 5.82 Å². The molecule has 9 heteroatoms. The molecule has 2 unspecified atom stereocenters. The number of nitrogens with one attached hydrogen (secondary N) is 2. The summed E-state index contributed by atoms with van der Waals surface area (Å²) in [6.45, 7) is 0.270. The van der Waals surface area contributed by atoms with E-state index in [9.17, 15) is 19.1 Å². The SMILES string of the molecule is CNC1CN(C(=O)O)CCC1(O)COc1ccc(F)c2c1CCC(=O)N2. The number of carboxylic acid groups (broad SMARTS) is 1. The molecule has 2 amide bonds. The Morgan fingerprint density at radius 2 is 2.27 bits per heavy atom. The predicted octanol–water partition coefficient (Wildman–Crippen LogP) is 0.792. The van der Waals surface area contributed by atoms with Gasteiger partial charge in [0.05, 0.1) is 11.7 Å². The monoisotopic (exact) mass is 367 g/mol. The number of benzene rings is 1. The first-order chi connectivity index (χ1) is 12.3. The summed E-state index contributed by atoms with van der Waals surface area (Å²) in [5, 5.41) is 25.5. The molecule has 142 valence electrons. The van der Waals surface area contributed by atoms with Crippen molar-refractivity contribution in [2.45, 2.75) is 30.9 Å². The fourth-order valence-electron chi connectivity index (χ4n) is 3.45. The molecule has 0 saturated carbocycles. The summed E-state index contributed by atoms with van der Waals surface area (Å²) in [7, 11) is 1.65. The van der Waals surface area contributed by atoms with E-state index in [1.807, 2.05) is 0 Å². The molecular weight excluding hydrogens is 345 g/mol. The molecule has 8 nitrogen and oxygen atoms in total. The highest BCUT2D eigenvalue weighted by Crippen LogP contribution is 2.34. The smallest absolute Gasteiger partial charge is 0.407 e. The largest absolute Gasteiger partial charge is 0.490 e. The number of rotatable bonds is 4. The van der Waals surface area contributed by atoms with Crippen molar-refractivity contribution in [3.8, 4) is 5.75 Å². The highest BCUT2D eigenvalue weighted by atomic mass is 19.1. The van der Waals surface area contributed by atoms with E-state index in [4.69, 9.17) is 9.84 Å². The quantitative estimate of drug-likeness (QED) is 0.626. The number of carbonyl (C=O) groups is 2. The molecule has 2 atom stereocenters. The van der Waals surface area contributed by atoms with Crippen LogP contribution in [0.25, 0.3) is 0 Å². The van der Waals surface area contributed by atoms with Crippen molar-refractivity contribution in [1.29, 1.82) is 0 Å². The van der Waals surface area contributed by atoms with E-state index in [0.717, 1.165) is 0 Å². The summed E-state index contributed by atoms with van der Waals surface area (Å²) in [5.74, 6) is -0.365. The van der Waals surface area contributed by atoms with Crippen LogP contribution in [0.2, 0.25) is 0 Å². The van der Waals surface area contributed by atoms with Crippen LogP contribution in [-0.2, 0) is 11.2 Å². The van der Waals surface area contributed by atoms with E-state index in [1.165, 1.54) is 17.0 Å². The van der Waals surface area contributed by atoms with Gasteiger partial charge in [-0.05, 0) is 32.0 Å². The molecule has 0 spiro atoms. The Morgan fingerprint density at radius 1 is 1.50 bits per heavy atom. The summed E-state index contributed by atoms with van der Waals surface area (Å²) < 4.78 is 19.7. The molecule has 1 aromatic rings. The Hall–Kier alpha value is -2.39. The van der Waals surface area contributed by atoms with Crippen LogP contribution < -0.4 is 15.4 Å². The van der Waals surface area contributed by atoms with Crippen LogP contribution in [-0.4, -0.2) is 65.5 Å². The van der Waals surface area contributed by atoms with Crippen molar-refractivity contribution >= 4 is 17.7 Å². The zero-order valence-electron chi connectivity index (χ0n) is 14.4. The highest BCUT2D eigenvalue weighted by Gasteiger charge is 2.43. The Morgan fingerprint density at radius 3 is 2.96 bits per heavy atom. The second-order valence-corrected chi connectivity index (χ2v) is 6.66. The Labute approximate surface area is 149 Å². The topological polar surface area (TPSA) is 111 Å². The maximum absolute atomic E-state index is 13.9. The van der Waals surface area contributed by atoms with Gasteiger partial charge in [0.1, 0.15) is 23.8 Å². The third-order valence-corrected chi connectivity index (χ3v) is 5.05. The average Bonchev–Trinajstić information content (AvgIpc) is 2.61. The lowest BCUT2D eigenvalue weighted by atomic mass is 9.87. The van der Waals surface area contributed by atoms with E-state index in [1.54, 1.807) is 7.05 Å². The lowest BCUT2D eigenvalue weighted by molar-refractivity contribution is -0.116. The summed E-state index contributed by atoms with van der Waals surface area (Å²) in [4.78, 5) is 23.9. The van der Waals surface area contributed by atoms with Gasteiger partial charge in [-0.1, -0.05) is 0 Å². The number of ether oxygens (including phenoxy) is 1. The van der Waals surface area contributed by atoms with Crippen LogP contribution in [0.1, 0.15) is 18.4 Å². The van der Waals surface area contributed by atoms with Gasteiger partial charge in [-0.3, -0.25) is 4.79 Å². The van der Waals surface area contributed by atoms with Crippen molar-refractivity contribution in [1.82, 2.24) is 10.2 Å². The molecule has 4 N–H and O–H groups in total. The average molecular weight is 367 g/mol. The third-order valence-electron chi connectivity index (χ3n) is 5.05. The molecule has 1 aromatic carbocycles. The number of hydrogen-bond acceptors (Lipinski definition) is 5. The molecule has 26 heavy (non-hydrogen) atoms. The van der Waals surface area contributed by atoms with E-state index in [0.29, 0.717) is 17.7 Å². The minimum Gasteiger partial charge on any atom is -0.490 e. The molecule has 1 fully saturated rings. The van der Waals surface area contributed by atoms with Gasteiger partial charge in [-0.15, -0.1) is 0 Å². The van der Waals surface area contributed by atoms with Gasteiger partial charge in [0.25, 0.3) is 0 Å². The van der Waals surface area contributed by atoms with Crippen molar-refractivity contribution in [3.05, 3.63) is 23.5 Å². The predicted molar refractivity (Wildman–Crippen MR) is 90.9 cm³/mol. The first-order valence-corrected chi connectivity index (χ1v) is 8.45. The number of fused-ring (bicyclic) bond motifs is 1. The first-order valence-electron chi connectivity index (χ1n) is 8.45. The number of piperidine rings is 1. The van der Waals surface area contributed by atoms with E-state index < -0.39 is 23.6 Å². The number of halogens is 1. The van der Waals surface area contributed by atoms with Crippen LogP contribution in [0.3, 0.4) is 0 Å². The summed E-state index contributed by atoms with van der Waals surface area (Å²) in [6, 6.07) is 2.20. The van der Waals surface area contributed by atoms with Gasteiger partial charge in [0.2, 0.25) is 5.91 Å². The lowest BCUT2D eigenvalue weighted by Crippen LogP contribution is -2.63. The maximum Gasteiger partial charge on any atom is 0.407 e. The molecule has 2 aliphatic heterocycles. The zero-order valence-corrected chi connectivity index (χ0v) is 14.4. The molecule has 2 heterocycles. The fourth-order valence-corrected chi connectivity index (χ4v) is 3.45. The third kappa shape index (κ3) is 3.45. The zero-order chi connectivity index (χ0) is 18.9. The van der Waals surface area contributed by atoms with Crippen LogP contribution in [0.5, 0.6) is 5.75 Å². The fraction of sp³-hybridized carbons (Fsp3) is 0.529. The summed E-state index contributed by atoms with van der Waals surface area (Å²) >= 11 is 0. The number of carbonyl (C=O) groups excluding carboxylic acids is 1. The summed E-state index contributed by atoms with van der Waals surface area (Å²) in [6.07, 6.45) is -0.222. The minimum atomic E-state index is -1.26. The Kier molecular flexibility index (Phi) is 5.01. The lowest BCUT2D eigenvalue weighted by Gasteiger charge is -2.43. The van der Waals surface area contributed by atoms with E-state index in [2.05, 4.69) is 10.6 Å². The molecule has 0 aliphatic carbocycles. The Bertz CT molecular complexity index is 729. The number of likely N-dealkylation sites (tertiary alicyclic amines) is 1. The first kappa shape index (κ1) is 18.4. The molecule has 0 bridgehead atoms. The second kappa shape index (κ2) is 7.08. The molecular formula is C17H22FN3O5. The van der Waals surface area contributed by atoms with Crippen LogP contribution in [0.15, 0.2) is 12.1 Å². The number of hydrogen-bond donors (Lipinski definition) is 4. The van der Waals surface area contributed by atoms with Crippen LogP contribution >= 0.6 is 0 Å². The Balaban J connectivity index is 1.75. The summed E-state index contributed by atoms with van der Waals surface area (Å²) in [5.41, 5.74) is -0.575. The van der Waals surface area contributed by atoms with E-state index in [-0.39, 0.29) is 44.1 Å². The molecule has 3 rings (SSSR count). The van der Waals surface area contributed by atoms with Crippen molar-refractivity contribution in [2.24, 2.45) is 0 Å². The van der Waals surface area contributed by atoms with E-state index >= 15 is 0 Å². The van der Waals surface area contributed by atoms with Gasteiger partial charge in [-0.25, -0.2) is 9.18 Å². The van der Waals surface area contributed by atoms with Gasteiger partial charge < -0.3 is 30.5 Å². The minimum absolute atomic E-state index is 0.0714. The number of nitrogens with zero attached hydrogens (tertiary/aromatic N) is 1. The second-order valence-electron chi connectivity index (χ2n) is 6.66. The van der Waals surface area contributed by atoms with Crippen molar-refractivity contribution in [2.75, 3.05) is 32.1 Å². The number of aliphatic hydroxyl groups is 1. The number of anilines is 1. The normalized spacial score (nSPS) is 25.4. The maximum atomic E-state index is 13.9. The van der Waals surface area contributed by atoms with Gasteiger partial charge in [-0.2, -0.15) is 0 Å². The number of amides is 2. The van der Waals surface area contributed by atoms with Crippen molar-refractivity contribution in [3.63, 3.8) is 0 Å². The molecule has 0 aromatic heterocycles. The van der Waals surface area contributed by atoms with Gasteiger partial charge in [0, 0.05) is 25.1 Å². The van der Waals surface area contributed by atoms with Crippen LogP contribution in [0.4, 0.5) is 14.9 Å². The highest BCUT2D eigenvalue weighted by molar-refractivity contribution is 5.94.